The zero-order chi connectivity index (χ0) is 21.3. The lowest BCUT2D eigenvalue weighted by Crippen LogP contribution is -2.44. The van der Waals surface area contributed by atoms with E-state index in [4.69, 9.17) is 0 Å². The number of rotatable bonds is 6. The van der Waals surface area contributed by atoms with E-state index < -0.39 is 10.0 Å². The number of sulfonamides is 1. The Bertz CT molecular complexity index is 1220. The second-order valence-corrected chi connectivity index (χ2v) is 10.1. The lowest BCUT2D eigenvalue weighted by molar-refractivity contribution is 0.211. The molecule has 2 heterocycles. The molecule has 0 radical (unpaired) electrons. The molecule has 0 spiro atoms. The first-order valence-electron chi connectivity index (χ1n) is 10.9. The van der Waals surface area contributed by atoms with Crippen molar-refractivity contribution in [3.63, 3.8) is 0 Å². The molecule has 1 aliphatic heterocycles. The van der Waals surface area contributed by atoms with Crippen LogP contribution in [0.5, 0.6) is 0 Å². The van der Waals surface area contributed by atoms with Gasteiger partial charge in [-0.3, -0.25) is 4.98 Å². The van der Waals surface area contributed by atoms with Crippen molar-refractivity contribution in [2.24, 2.45) is 0 Å². The zero-order valence-corrected chi connectivity index (χ0v) is 18.3. The van der Waals surface area contributed by atoms with Crippen molar-refractivity contribution in [2.45, 2.75) is 36.6 Å². The quantitative estimate of drug-likeness (QED) is 0.638. The Labute approximate surface area is 183 Å². The molecule has 2 aliphatic rings. The van der Waals surface area contributed by atoms with Crippen LogP contribution < -0.4 is 4.72 Å². The van der Waals surface area contributed by atoms with E-state index in [9.17, 15) is 8.42 Å². The molecule has 0 saturated carbocycles. The first-order valence-corrected chi connectivity index (χ1v) is 12.4. The fourth-order valence-electron chi connectivity index (χ4n) is 4.75. The first kappa shape index (κ1) is 20.4. The number of piperidine rings is 1. The van der Waals surface area contributed by atoms with Crippen LogP contribution in [0.1, 0.15) is 30.4 Å². The van der Waals surface area contributed by atoms with Crippen LogP contribution in [-0.2, 0) is 16.4 Å². The van der Waals surface area contributed by atoms with Crippen LogP contribution in [0, 0.1) is 0 Å². The average molecular weight is 434 g/mol. The maximum Gasteiger partial charge on any atom is 0.241 e. The predicted molar refractivity (Wildman–Crippen MR) is 124 cm³/mol. The summed E-state index contributed by atoms with van der Waals surface area (Å²) < 4.78 is 29.1. The van der Waals surface area contributed by atoms with Crippen LogP contribution >= 0.6 is 0 Å². The second-order valence-electron chi connectivity index (χ2n) is 8.43. The minimum atomic E-state index is -3.57. The van der Waals surface area contributed by atoms with Gasteiger partial charge in [0.1, 0.15) is 0 Å². The first-order chi connectivity index (χ1) is 15.1. The standard InChI is InChI=1S/C25H27N3O2S/c29-31(30,25-7-3-5-21-18-26-14-10-24(21)25)27-22-12-16-28(17-13-22)15-11-20-9-8-19-4-1-2-6-23(19)20/h1-7,9-10,14,18,22,27H,8,11-13,15-17H2. The molecule has 1 aromatic heterocycles. The molecule has 160 valence electrons. The summed E-state index contributed by atoms with van der Waals surface area (Å²) in [5, 5.41) is 1.55. The molecule has 0 amide bonds. The van der Waals surface area contributed by atoms with E-state index in [-0.39, 0.29) is 6.04 Å². The minimum Gasteiger partial charge on any atom is -0.303 e. The lowest BCUT2D eigenvalue weighted by Gasteiger charge is -2.32. The number of likely N-dealkylation sites (tertiary alicyclic amines) is 1. The van der Waals surface area contributed by atoms with Gasteiger partial charge in [-0.2, -0.15) is 0 Å². The van der Waals surface area contributed by atoms with E-state index in [1.165, 1.54) is 16.7 Å². The van der Waals surface area contributed by atoms with Gasteiger partial charge in [0.05, 0.1) is 4.90 Å². The monoisotopic (exact) mass is 433 g/mol. The molecule has 1 saturated heterocycles. The summed E-state index contributed by atoms with van der Waals surface area (Å²) in [6.07, 6.45) is 9.45. The van der Waals surface area contributed by atoms with Gasteiger partial charge in [0.25, 0.3) is 0 Å². The van der Waals surface area contributed by atoms with Gasteiger partial charge in [0.2, 0.25) is 10.0 Å². The van der Waals surface area contributed by atoms with Crippen molar-refractivity contribution >= 4 is 26.4 Å². The lowest BCUT2D eigenvalue weighted by atomic mass is 10.0. The molecule has 6 heteroatoms. The summed E-state index contributed by atoms with van der Waals surface area (Å²) in [5.74, 6) is 0. The van der Waals surface area contributed by atoms with Crippen LogP contribution in [0.15, 0.2) is 71.9 Å². The number of nitrogens with zero attached hydrogens (tertiary/aromatic N) is 2. The molecule has 31 heavy (non-hydrogen) atoms. The van der Waals surface area contributed by atoms with E-state index in [0.717, 1.165) is 50.7 Å². The van der Waals surface area contributed by atoms with Gasteiger partial charge in [0.15, 0.2) is 0 Å². The van der Waals surface area contributed by atoms with Crippen molar-refractivity contribution in [1.29, 1.82) is 0 Å². The number of aromatic nitrogens is 1. The van der Waals surface area contributed by atoms with Gasteiger partial charge < -0.3 is 4.90 Å². The van der Waals surface area contributed by atoms with Gasteiger partial charge in [-0.25, -0.2) is 13.1 Å². The maximum atomic E-state index is 13.1. The number of benzene rings is 2. The third-order valence-corrected chi connectivity index (χ3v) is 8.05. The molecule has 1 N–H and O–H groups in total. The highest BCUT2D eigenvalue weighted by atomic mass is 32.2. The van der Waals surface area contributed by atoms with Gasteiger partial charge in [-0.15, -0.1) is 0 Å². The molecule has 0 unspecified atom stereocenters. The Morgan fingerprint density at radius 3 is 2.74 bits per heavy atom. The molecule has 5 rings (SSSR count). The summed E-state index contributed by atoms with van der Waals surface area (Å²) in [6.45, 7) is 2.86. The average Bonchev–Trinajstić information content (AvgIpc) is 3.21. The molecule has 3 aromatic rings. The third kappa shape index (κ3) is 4.28. The molecular weight excluding hydrogens is 406 g/mol. The topological polar surface area (TPSA) is 62.3 Å². The number of allylic oxidation sites excluding steroid dienone is 1. The van der Waals surface area contributed by atoms with Crippen molar-refractivity contribution < 1.29 is 8.42 Å². The summed E-state index contributed by atoms with van der Waals surface area (Å²) in [6, 6.07) is 15.7. The number of hydrogen-bond donors (Lipinski definition) is 1. The molecular formula is C25H27N3O2S. The van der Waals surface area contributed by atoms with Crippen LogP contribution in [-0.4, -0.2) is 44.0 Å². The zero-order valence-electron chi connectivity index (χ0n) is 17.5. The number of pyridine rings is 1. The summed E-state index contributed by atoms with van der Waals surface area (Å²) >= 11 is 0. The van der Waals surface area contributed by atoms with E-state index in [1.807, 2.05) is 6.07 Å². The van der Waals surface area contributed by atoms with Crippen LogP contribution in [0.3, 0.4) is 0 Å². The Balaban J connectivity index is 1.18. The Kier molecular flexibility index (Phi) is 5.61. The summed E-state index contributed by atoms with van der Waals surface area (Å²) in [7, 11) is -3.57. The van der Waals surface area contributed by atoms with E-state index in [0.29, 0.717) is 10.3 Å². The van der Waals surface area contributed by atoms with Gasteiger partial charge in [-0.1, -0.05) is 42.5 Å². The van der Waals surface area contributed by atoms with Crippen LogP contribution in [0.2, 0.25) is 0 Å². The SMILES string of the molecule is O=S(=O)(NC1CCN(CCC2=CCc3ccccc32)CC1)c1cccc2cnccc12. The minimum absolute atomic E-state index is 0.0234. The Morgan fingerprint density at radius 1 is 1.03 bits per heavy atom. The van der Waals surface area contributed by atoms with Gasteiger partial charge in [0, 0.05) is 35.8 Å². The predicted octanol–water partition coefficient (Wildman–Crippen LogP) is 4.01. The summed E-state index contributed by atoms with van der Waals surface area (Å²) in [4.78, 5) is 6.88. The van der Waals surface area contributed by atoms with Crippen molar-refractivity contribution in [2.75, 3.05) is 19.6 Å². The van der Waals surface area contributed by atoms with Crippen LogP contribution in [0.25, 0.3) is 16.3 Å². The highest BCUT2D eigenvalue weighted by Gasteiger charge is 2.26. The molecule has 5 nitrogen and oxygen atoms in total. The molecule has 0 bridgehead atoms. The van der Waals surface area contributed by atoms with Crippen LogP contribution in [0.4, 0.5) is 0 Å². The van der Waals surface area contributed by atoms with E-state index >= 15 is 0 Å². The molecule has 2 aromatic carbocycles. The van der Waals surface area contributed by atoms with Gasteiger partial charge in [-0.05, 0) is 67.6 Å². The summed E-state index contributed by atoms with van der Waals surface area (Å²) in [5.41, 5.74) is 4.27. The normalized spacial score (nSPS) is 17.6. The smallest absolute Gasteiger partial charge is 0.241 e. The fourth-order valence-corrected chi connectivity index (χ4v) is 6.29. The second kappa shape index (κ2) is 8.54. The highest BCUT2D eigenvalue weighted by molar-refractivity contribution is 7.89. The molecule has 0 atom stereocenters. The maximum absolute atomic E-state index is 13.1. The fraction of sp³-hybridized carbons (Fsp3) is 0.320. The third-order valence-electron chi connectivity index (χ3n) is 6.47. The van der Waals surface area contributed by atoms with Crippen molar-refractivity contribution in [3.8, 4) is 0 Å². The van der Waals surface area contributed by atoms with E-state index in [1.54, 1.807) is 30.6 Å². The van der Waals surface area contributed by atoms with E-state index in [2.05, 4.69) is 44.9 Å². The van der Waals surface area contributed by atoms with Gasteiger partial charge >= 0.3 is 0 Å². The Hall–Kier alpha value is -2.54. The highest BCUT2D eigenvalue weighted by Crippen LogP contribution is 2.30. The molecule has 1 fully saturated rings. The molecule has 1 aliphatic carbocycles. The van der Waals surface area contributed by atoms with Crippen molar-refractivity contribution in [1.82, 2.24) is 14.6 Å². The Morgan fingerprint density at radius 2 is 1.87 bits per heavy atom. The largest absolute Gasteiger partial charge is 0.303 e. The number of nitrogens with one attached hydrogen (secondary N) is 1. The number of hydrogen-bond acceptors (Lipinski definition) is 4. The van der Waals surface area contributed by atoms with Crippen molar-refractivity contribution in [3.05, 3.63) is 78.1 Å². The number of fused-ring (bicyclic) bond motifs is 2.